The lowest BCUT2D eigenvalue weighted by atomic mass is 10.1. The van der Waals surface area contributed by atoms with Crippen LogP contribution < -0.4 is 0 Å². The first-order chi connectivity index (χ1) is 7.76. The van der Waals surface area contributed by atoms with Crippen LogP contribution in [-0.4, -0.2) is 16.5 Å². The standard InChI is InChI=1S/C14H18OS/c1-3-8-14(11-12(15)4-2)16-13-9-6-5-7-10-13/h5-7,9-10,12,14-15H,4,11H2,1-2H3/t12-,14-/m1/s1. The van der Waals surface area contributed by atoms with Crippen molar-refractivity contribution in [2.45, 2.75) is 42.9 Å². The fourth-order valence-corrected chi connectivity index (χ4v) is 2.51. The molecule has 0 heterocycles. The highest BCUT2D eigenvalue weighted by molar-refractivity contribution is 8.00. The molecule has 0 aliphatic heterocycles. The molecule has 0 aliphatic rings. The lowest BCUT2D eigenvalue weighted by Crippen LogP contribution is -2.12. The van der Waals surface area contributed by atoms with Gasteiger partial charge < -0.3 is 5.11 Å². The van der Waals surface area contributed by atoms with Crippen molar-refractivity contribution in [2.75, 3.05) is 0 Å². The Morgan fingerprint density at radius 1 is 1.31 bits per heavy atom. The van der Waals surface area contributed by atoms with Crippen molar-refractivity contribution in [1.29, 1.82) is 0 Å². The Balaban J connectivity index is 2.60. The monoisotopic (exact) mass is 234 g/mol. The zero-order chi connectivity index (χ0) is 11.8. The third kappa shape index (κ3) is 4.74. The first-order valence-corrected chi connectivity index (χ1v) is 6.46. The molecule has 1 nitrogen and oxygen atoms in total. The molecule has 0 saturated heterocycles. The van der Waals surface area contributed by atoms with E-state index in [1.165, 1.54) is 4.90 Å². The van der Waals surface area contributed by atoms with E-state index in [9.17, 15) is 5.11 Å². The Labute approximate surface area is 102 Å². The molecule has 16 heavy (non-hydrogen) atoms. The molecular formula is C14H18OS. The highest BCUT2D eigenvalue weighted by Gasteiger charge is 2.12. The van der Waals surface area contributed by atoms with E-state index in [2.05, 4.69) is 24.0 Å². The van der Waals surface area contributed by atoms with Crippen molar-refractivity contribution >= 4 is 11.8 Å². The summed E-state index contributed by atoms with van der Waals surface area (Å²) in [6, 6.07) is 10.2. The van der Waals surface area contributed by atoms with Crippen molar-refractivity contribution < 1.29 is 5.11 Å². The second kappa shape index (κ2) is 7.38. The molecule has 1 aromatic carbocycles. The van der Waals surface area contributed by atoms with Crippen LogP contribution in [0.4, 0.5) is 0 Å². The topological polar surface area (TPSA) is 20.2 Å². The van der Waals surface area contributed by atoms with Crippen LogP contribution in [0.5, 0.6) is 0 Å². The van der Waals surface area contributed by atoms with Crippen LogP contribution >= 0.6 is 11.8 Å². The van der Waals surface area contributed by atoms with Crippen molar-refractivity contribution in [3.05, 3.63) is 30.3 Å². The molecule has 1 N–H and O–H groups in total. The van der Waals surface area contributed by atoms with E-state index in [1.807, 2.05) is 32.0 Å². The van der Waals surface area contributed by atoms with Crippen LogP contribution in [0, 0.1) is 11.8 Å². The summed E-state index contributed by atoms with van der Waals surface area (Å²) in [5.74, 6) is 6.08. The third-order valence-corrected chi connectivity index (χ3v) is 3.42. The average molecular weight is 234 g/mol. The number of aliphatic hydroxyl groups is 1. The molecule has 2 atom stereocenters. The summed E-state index contributed by atoms with van der Waals surface area (Å²) in [5.41, 5.74) is 0. The number of benzene rings is 1. The fourth-order valence-electron chi connectivity index (χ4n) is 1.37. The van der Waals surface area contributed by atoms with E-state index in [4.69, 9.17) is 0 Å². The lowest BCUT2D eigenvalue weighted by molar-refractivity contribution is 0.163. The minimum atomic E-state index is -0.248. The Morgan fingerprint density at radius 3 is 2.56 bits per heavy atom. The van der Waals surface area contributed by atoms with Crippen LogP contribution in [0.25, 0.3) is 0 Å². The lowest BCUT2D eigenvalue weighted by Gasteiger charge is -2.14. The molecule has 0 fully saturated rings. The van der Waals surface area contributed by atoms with Gasteiger partial charge in [-0.25, -0.2) is 0 Å². The zero-order valence-electron chi connectivity index (χ0n) is 9.81. The Morgan fingerprint density at radius 2 is 2.00 bits per heavy atom. The summed E-state index contributed by atoms with van der Waals surface area (Å²) in [6.45, 7) is 3.84. The minimum Gasteiger partial charge on any atom is -0.393 e. The molecule has 1 aromatic rings. The molecule has 0 aliphatic carbocycles. The van der Waals surface area contributed by atoms with Gasteiger partial charge >= 0.3 is 0 Å². The van der Waals surface area contributed by atoms with Gasteiger partial charge in [-0.15, -0.1) is 17.7 Å². The number of thioether (sulfide) groups is 1. The van der Waals surface area contributed by atoms with E-state index >= 15 is 0 Å². The maximum Gasteiger partial charge on any atom is 0.0728 e. The predicted molar refractivity (Wildman–Crippen MR) is 70.5 cm³/mol. The normalized spacial score (nSPS) is 13.7. The summed E-state index contributed by atoms with van der Waals surface area (Å²) in [7, 11) is 0. The van der Waals surface area contributed by atoms with Gasteiger partial charge in [0.05, 0.1) is 11.4 Å². The van der Waals surface area contributed by atoms with Crippen LogP contribution in [0.15, 0.2) is 35.2 Å². The van der Waals surface area contributed by atoms with Gasteiger partial charge in [-0.1, -0.05) is 31.0 Å². The first-order valence-electron chi connectivity index (χ1n) is 5.58. The highest BCUT2D eigenvalue weighted by Crippen LogP contribution is 2.26. The van der Waals surface area contributed by atoms with Gasteiger partial charge in [-0.3, -0.25) is 0 Å². The molecule has 0 aromatic heterocycles. The average Bonchev–Trinajstić information content (AvgIpc) is 2.30. The van der Waals surface area contributed by atoms with Gasteiger partial charge in [-0.2, -0.15) is 0 Å². The Kier molecular flexibility index (Phi) is 6.07. The molecule has 86 valence electrons. The molecule has 0 bridgehead atoms. The van der Waals surface area contributed by atoms with Gasteiger partial charge in [0.1, 0.15) is 0 Å². The van der Waals surface area contributed by atoms with Gasteiger partial charge in [0.25, 0.3) is 0 Å². The molecule has 0 spiro atoms. The quantitative estimate of drug-likeness (QED) is 0.623. The SMILES string of the molecule is CC#C[C@H](C[C@H](O)CC)Sc1ccccc1. The molecular weight excluding hydrogens is 216 g/mol. The summed E-state index contributed by atoms with van der Waals surface area (Å²) in [6.07, 6.45) is 1.27. The molecule has 0 radical (unpaired) electrons. The summed E-state index contributed by atoms with van der Waals surface area (Å²) in [4.78, 5) is 1.21. The van der Waals surface area contributed by atoms with E-state index in [1.54, 1.807) is 11.8 Å². The van der Waals surface area contributed by atoms with E-state index < -0.39 is 0 Å². The van der Waals surface area contributed by atoms with E-state index in [-0.39, 0.29) is 11.4 Å². The van der Waals surface area contributed by atoms with Crippen molar-refractivity contribution in [3.8, 4) is 11.8 Å². The summed E-state index contributed by atoms with van der Waals surface area (Å²) in [5, 5.41) is 9.83. The molecule has 0 amide bonds. The Bertz CT molecular complexity index is 350. The van der Waals surface area contributed by atoms with Crippen LogP contribution in [0.1, 0.15) is 26.7 Å². The van der Waals surface area contributed by atoms with Gasteiger partial charge in [0.15, 0.2) is 0 Å². The molecule has 2 heteroatoms. The van der Waals surface area contributed by atoms with Gasteiger partial charge in [-0.05, 0) is 31.9 Å². The van der Waals surface area contributed by atoms with Crippen LogP contribution in [-0.2, 0) is 0 Å². The van der Waals surface area contributed by atoms with Gasteiger partial charge in [0.2, 0.25) is 0 Å². The minimum absolute atomic E-state index is 0.183. The molecule has 1 rings (SSSR count). The third-order valence-electron chi connectivity index (χ3n) is 2.28. The van der Waals surface area contributed by atoms with E-state index in [0.29, 0.717) is 0 Å². The maximum absolute atomic E-state index is 9.65. The van der Waals surface area contributed by atoms with Crippen molar-refractivity contribution in [2.24, 2.45) is 0 Å². The molecule has 0 saturated carbocycles. The maximum atomic E-state index is 9.65. The number of hydrogen-bond acceptors (Lipinski definition) is 2. The summed E-state index contributed by atoms with van der Waals surface area (Å²) < 4.78 is 0. The van der Waals surface area contributed by atoms with Crippen molar-refractivity contribution in [1.82, 2.24) is 0 Å². The first kappa shape index (κ1) is 13.2. The zero-order valence-corrected chi connectivity index (χ0v) is 10.6. The van der Waals surface area contributed by atoms with Gasteiger partial charge in [0, 0.05) is 4.90 Å². The Hall–Kier alpha value is -0.910. The second-order valence-corrected chi connectivity index (χ2v) is 4.89. The largest absolute Gasteiger partial charge is 0.393 e. The van der Waals surface area contributed by atoms with Crippen LogP contribution in [0.3, 0.4) is 0 Å². The predicted octanol–water partition coefficient (Wildman–Crippen LogP) is 3.33. The fraction of sp³-hybridized carbons (Fsp3) is 0.429. The second-order valence-electron chi connectivity index (χ2n) is 3.61. The van der Waals surface area contributed by atoms with Crippen molar-refractivity contribution in [3.63, 3.8) is 0 Å². The summed E-state index contributed by atoms with van der Waals surface area (Å²) >= 11 is 1.72. The number of rotatable bonds is 5. The number of aliphatic hydroxyl groups excluding tert-OH is 1. The number of hydrogen-bond donors (Lipinski definition) is 1. The van der Waals surface area contributed by atoms with E-state index in [0.717, 1.165) is 12.8 Å². The highest BCUT2D eigenvalue weighted by atomic mass is 32.2. The smallest absolute Gasteiger partial charge is 0.0728 e. The van der Waals surface area contributed by atoms with Crippen LogP contribution in [0.2, 0.25) is 0 Å². The molecule has 0 unspecified atom stereocenters.